The van der Waals surface area contributed by atoms with E-state index in [1.165, 1.54) is 5.56 Å². The van der Waals surface area contributed by atoms with Crippen LogP contribution in [-0.2, 0) is 19.4 Å². The molecule has 2 heterocycles. The van der Waals surface area contributed by atoms with E-state index in [1.54, 1.807) is 16.9 Å². The lowest BCUT2D eigenvalue weighted by Gasteiger charge is -2.22. The maximum atomic E-state index is 12.3. The molecule has 106 valence electrons. The third kappa shape index (κ3) is 2.45. The van der Waals surface area contributed by atoms with Gasteiger partial charge in [-0.15, -0.1) is 0 Å². The number of nitrogens with one attached hydrogen (secondary N) is 2. The Morgan fingerprint density at radius 1 is 1.60 bits per heavy atom. The Morgan fingerprint density at radius 3 is 3.35 bits per heavy atom. The van der Waals surface area contributed by atoms with E-state index in [2.05, 4.69) is 27.5 Å². The van der Waals surface area contributed by atoms with Crippen LogP contribution in [0.25, 0.3) is 0 Å². The van der Waals surface area contributed by atoms with E-state index in [1.807, 2.05) is 6.20 Å². The van der Waals surface area contributed by atoms with Crippen LogP contribution in [0.1, 0.15) is 41.5 Å². The van der Waals surface area contributed by atoms with Gasteiger partial charge in [0.25, 0.3) is 5.91 Å². The van der Waals surface area contributed by atoms with Crippen molar-refractivity contribution >= 4 is 5.91 Å². The van der Waals surface area contributed by atoms with Gasteiger partial charge in [0.05, 0.1) is 6.20 Å². The number of aryl methyl sites for hydroxylation is 2. The first-order valence-electron chi connectivity index (χ1n) is 7.11. The maximum Gasteiger partial charge on any atom is 0.269 e. The summed E-state index contributed by atoms with van der Waals surface area (Å²) in [6.07, 6.45) is 7.26. The third-order valence-corrected chi connectivity index (χ3v) is 3.74. The van der Waals surface area contributed by atoms with E-state index >= 15 is 0 Å². The lowest BCUT2D eigenvalue weighted by atomic mass is 9.94. The molecule has 0 aliphatic heterocycles. The number of carbonyl (C=O) groups is 1. The number of aromatic nitrogens is 4. The molecule has 0 fully saturated rings. The highest BCUT2D eigenvalue weighted by molar-refractivity contribution is 5.92. The van der Waals surface area contributed by atoms with Gasteiger partial charge in [-0.3, -0.25) is 14.6 Å². The third-order valence-electron chi connectivity index (χ3n) is 3.74. The summed E-state index contributed by atoms with van der Waals surface area (Å²) < 4.78 is 1.76. The second-order valence-electron chi connectivity index (χ2n) is 5.23. The fourth-order valence-electron chi connectivity index (χ4n) is 2.71. The number of carbonyl (C=O) groups excluding carboxylic acids is 1. The van der Waals surface area contributed by atoms with Gasteiger partial charge in [-0.2, -0.15) is 10.2 Å². The second kappa shape index (κ2) is 5.48. The van der Waals surface area contributed by atoms with Gasteiger partial charge in [-0.1, -0.05) is 6.92 Å². The van der Waals surface area contributed by atoms with Crippen LogP contribution < -0.4 is 5.32 Å². The first-order valence-corrected chi connectivity index (χ1v) is 7.11. The minimum absolute atomic E-state index is 0.0380. The topological polar surface area (TPSA) is 75.6 Å². The van der Waals surface area contributed by atoms with Crippen molar-refractivity contribution in [2.45, 2.75) is 45.2 Å². The molecular formula is C14H19N5O. The van der Waals surface area contributed by atoms with E-state index in [0.29, 0.717) is 5.69 Å². The van der Waals surface area contributed by atoms with Crippen LogP contribution in [0.4, 0.5) is 0 Å². The predicted octanol–water partition coefficient (Wildman–Crippen LogP) is 1.30. The molecule has 2 aromatic rings. The van der Waals surface area contributed by atoms with Crippen LogP contribution in [0.2, 0.25) is 0 Å². The average Bonchev–Trinajstić information content (AvgIpc) is 3.07. The van der Waals surface area contributed by atoms with E-state index < -0.39 is 0 Å². The monoisotopic (exact) mass is 273 g/mol. The summed E-state index contributed by atoms with van der Waals surface area (Å²) in [5, 5.41) is 14.4. The number of amides is 1. The molecule has 6 heteroatoms. The predicted molar refractivity (Wildman–Crippen MR) is 74.4 cm³/mol. The van der Waals surface area contributed by atoms with Crippen molar-refractivity contribution in [1.82, 2.24) is 25.3 Å². The molecule has 0 radical (unpaired) electrons. The van der Waals surface area contributed by atoms with Crippen molar-refractivity contribution in [3.8, 4) is 0 Å². The summed E-state index contributed by atoms with van der Waals surface area (Å²) in [7, 11) is 0. The van der Waals surface area contributed by atoms with Crippen molar-refractivity contribution in [3.05, 3.63) is 35.4 Å². The smallest absolute Gasteiger partial charge is 0.269 e. The van der Waals surface area contributed by atoms with Gasteiger partial charge in [0.1, 0.15) is 5.69 Å². The van der Waals surface area contributed by atoms with E-state index in [9.17, 15) is 4.79 Å². The highest BCUT2D eigenvalue weighted by Gasteiger charge is 2.23. The van der Waals surface area contributed by atoms with E-state index in [0.717, 1.165) is 37.9 Å². The Labute approximate surface area is 117 Å². The van der Waals surface area contributed by atoms with Crippen molar-refractivity contribution in [3.63, 3.8) is 0 Å². The Bertz CT molecular complexity index is 600. The van der Waals surface area contributed by atoms with Gasteiger partial charge >= 0.3 is 0 Å². The van der Waals surface area contributed by atoms with Gasteiger partial charge in [0, 0.05) is 30.9 Å². The molecule has 2 aromatic heterocycles. The Balaban J connectivity index is 1.66. The summed E-state index contributed by atoms with van der Waals surface area (Å²) in [5.74, 6) is -0.0380. The number of aromatic amines is 1. The summed E-state index contributed by atoms with van der Waals surface area (Å²) in [6, 6.07) is 1.94. The molecule has 6 nitrogen and oxygen atoms in total. The molecular weight excluding hydrogens is 254 g/mol. The number of rotatable bonds is 4. The highest BCUT2D eigenvalue weighted by atomic mass is 16.2. The number of nitrogens with zero attached hydrogens (tertiary/aromatic N) is 3. The van der Waals surface area contributed by atoms with Crippen molar-refractivity contribution in [2.75, 3.05) is 0 Å². The number of hydrogen-bond acceptors (Lipinski definition) is 3. The zero-order valence-corrected chi connectivity index (χ0v) is 11.6. The molecule has 1 amide bonds. The molecule has 3 rings (SSSR count). The Hall–Kier alpha value is -2.11. The zero-order valence-electron chi connectivity index (χ0n) is 11.6. The molecule has 0 saturated carbocycles. The summed E-state index contributed by atoms with van der Waals surface area (Å²) >= 11 is 0. The minimum Gasteiger partial charge on any atom is -0.348 e. The van der Waals surface area contributed by atoms with Crippen LogP contribution in [-0.4, -0.2) is 31.9 Å². The Kier molecular flexibility index (Phi) is 3.54. The summed E-state index contributed by atoms with van der Waals surface area (Å²) in [5.41, 5.74) is 3.05. The first-order chi connectivity index (χ1) is 9.78. The molecule has 1 atom stereocenters. The SMILES string of the molecule is CCCn1nccc1C(=O)N[C@H]1CCc2cn[nH]c2C1. The molecule has 1 aliphatic rings. The first kappa shape index (κ1) is 12.9. The van der Waals surface area contributed by atoms with Gasteiger partial charge in [-0.25, -0.2) is 0 Å². The molecule has 2 N–H and O–H groups in total. The molecule has 0 spiro atoms. The second-order valence-corrected chi connectivity index (χ2v) is 5.23. The zero-order chi connectivity index (χ0) is 13.9. The lowest BCUT2D eigenvalue weighted by Crippen LogP contribution is -2.39. The van der Waals surface area contributed by atoms with Gasteiger partial charge in [0.2, 0.25) is 0 Å². The van der Waals surface area contributed by atoms with Crippen molar-refractivity contribution in [2.24, 2.45) is 0 Å². The average molecular weight is 273 g/mol. The van der Waals surface area contributed by atoms with Gasteiger partial charge < -0.3 is 5.32 Å². The quantitative estimate of drug-likeness (QED) is 0.881. The fourth-order valence-corrected chi connectivity index (χ4v) is 2.71. The van der Waals surface area contributed by atoms with Crippen LogP contribution >= 0.6 is 0 Å². The van der Waals surface area contributed by atoms with Gasteiger partial charge in [-0.05, 0) is 30.9 Å². The minimum atomic E-state index is -0.0380. The van der Waals surface area contributed by atoms with Crippen LogP contribution in [0.3, 0.4) is 0 Å². The van der Waals surface area contributed by atoms with E-state index in [4.69, 9.17) is 0 Å². The van der Waals surface area contributed by atoms with E-state index in [-0.39, 0.29) is 11.9 Å². The molecule has 0 aromatic carbocycles. The molecule has 20 heavy (non-hydrogen) atoms. The van der Waals surface area contributed by atoms with Crippen molar-refractivity contribution < 1.29 is 4.79 Å². The summed E-state index contributed by atoms with van der Waals surface area (Å²) in [6.45, 7) is 2.84. The largest absolute Gasteiger partial charge is 0.348 e. The summed E-state index contributed by atoms with van der Waals surface area (Å²) in [4.78, 5) is 12.3. The lowest BCUT2D eigenvalue weighted by molar-refractivity contribution is 0.0922. The van der Waals surface area contributed by atoms with Crippen LogP contribution in [0.15, 0.2) is 18.5 Å². The van der Waals surface area contributed by atoms with Crippen molar-refractivity contribution in [1.29, 1.82) is 0 Å². The molecule has 0 saturated heterocycles. The standard InChI is InChI=1S/C14H19N5O/c1-2-7-19-13(5-6-16-19)14(20)17-11-4-3-10-9-15-18-12(10)8-11/h5-6,9,11H,2-4,7-8H2,1H3,(H,15,18)(H,17,20)/t11-/m0/s1. The maximum absolute atomic E-state index is 12.3. The number of fused-ring (bicyclic) bond motifs is 1. The number of H-pyrrole nitrogens is 1. The molecule has 0 unspecified atom stereocenters. The normalized spacial score (nSPS) is 17.8. The molecule has 0 bridgehead atoms. The molecule has 1 aliphatic carbocycles. The van der Waals surface area contributed by atoms with Crippen LogP contribution in [0, 0.1) is 0 Å². The van der Waals surface area contributed by atoms with Gasteiger partial charge in [0.15, 0.2) is 0 Å². The number of hydrogen-bond donors (Lipinski definition) is 2. The fraction of sp³-hybridized carbons (Fsp3) is 0.500. The van der Waals surface area contributed by atoms with Crippen LogP contribution in [0.5, 0.6) is 0 Å². The highest BCUT2D eigenvalue weighted by Crippen LogP contribution is 2.19. The Morgan fingerprint density at radius 2 is 2.50 bits per heavy atom.